The lowest BCUT2D eigenvalue weighted by atomic mass is 9.99. The Labute approximate surface area is 568 Å². The quantitative estimate of drug-likeness (QED) is 0.0222. The molecule has 0 aromatic carbocycles. The van der Waals surface area contributed by atoms with Crippen molar-refractivity contribution >= 4 is 39.5 Å². The molecule has 552 valence electrons. The zero-order valence-corrected chi connectivity index (χ0v) is 62.5. The topological polar surface area (TPSA) is 237 Å². The van der Waals surface area contributed by atoms with E-state index in [4.69, 9.17) is 37.0 Å². The number of phosphoric ester groups is 2. The summed E-state index contributed by atoms with van der Waals surface area (Å²) in [7, 11) is -9.90. The molecule has 0 aromatic heterocycles. The van der Waals surface area contributed by atoms with E-state index in [-0.39, 0.29) is 25.7 Å². The first kappa shape index (κ1) is 91.1. The van der Waals surface area contributed by atoms with E-state index in [9.17, 15) is 43.2 Å². The molecule has 0 aliphatic carbocycles. The van der Waals surface area contributed by atoms with Crippen LogP contribution in [-0.4, -0.2) is 96.7 Å². The summed E-state index contributed by atoms with van der Waals surface area (Å²) in [4.78, 5) is 72.6. The molecule has 0 saturated carbocycles. The Hall–Kier alpha value is -1.94. The summed E-state index contributed by atoms with van der Waals surface area (Å²) in [5.41, 5.74) is 0. The van der Waals surface area contributed by atoms with Gasteiger partial charge in [0.15, 0.2) is 12.2 Å². The number of hydrogen-bond donors (Lipinski definition) is 3. The number of carbonyl (C=O) groups excluding carboxylic acids is 4. The smallest absolute Gasteiger partial charge is 0.462 e. The molecule has 93 heavy (non-hydrogen) atoms. The number of carbonyl (C=O) groups is 4. The van der Waals surface area contributed by atoms with E-state index in [0.29, 0.717) is 31.6 Å². The Morgan fingerprint density at radius 1 is 0.312 bits per heavy atom. The van der Waals surface area contributed by atoms with Gasteiger partial charge in [0, 0.05) is 25.7 Å². The van der Waals surface area contributed by atoms with Gasteiger partial charge in [0.05, 0.1) is 26.4 Å². The Kier molecular flexibility index (Phi) is 63.4. The lowest BCUT2D eigenvalue weighted by Crippen LogP contribution is -2.30. The minimum absolute atomic E-state index is 0.103. The molecule has 0 amide bonds. The second-order valence-electron chi connectivity index (χ2n) is 27.9. The van der Waals surface area contributed by atoms with Crippen LogP contribution in [0, 0.1) is 17.8 Å². The van der Waals surface area contributed by atoms with Gasteiger partial charge in [-0.05, 0) is 43.4 Å². The molecule has 0 aliphatic heterocycles. The molecule has 6 atom stereocenters. The molecule has 0 bridgehead atoms. The predicted octanol–water partition coefficient (Wildman–Crippen LogP) is 21.4. The Morgan fingerprint density at radius 3 is 0.817 bits per heavy atom. The molecule has 3 unspecified atom stereocenters. The number of aliphatic hydroxyl groups excluding tert-OH is 1. The van der Waals surface area contributed by atoms with Crippen molar-refractivity contribution in [2.45, 2.75) is 394 Å². The van der Waals surface area contributed by atoms with Crippen LogP contribution in [0.2, 0.25) is 0 Å². The molecule has 0 aromatic rings. The van der Waals surface area contributed by atoms with Gasteiger partial charge in [0.1, 0.15) is 19.3 Å². The number of esters is 4. The van der Waals surface area contributed by atoms with Crippen LogP contribution in [0.3, 0.4) is 0 Å². The predicted molar refractivity (Wildman–Crippen MR) is 377 cm³/mol. The maximum Gasteiger partial charge on any atom is 0.472 e. The van der Waals surface area contributed by atoms with Crippen molar-refractivity contribution in [2.75, 3.05) is 39.6 Å². The van der Waals surface area contributed by atoms with Crippen LogP contribution in [0.5, 0.6) is 0 Å². The molecule has 0 fully saturated rings. The second kappa shape index (κ2) is 64.7. The minimum Gasteiger partial charge on any atom is -0.462 e. The summed E-state index contributed by atoms with van der Waals surface area (Å²) in [5.74, 6) is 0.216. The zero-order valence-electron chi connectivity index (χ0n) is 60.7. The van der Waals surface area contributed by atoms with Gasteiger partial charge >= 0.3 is 39.5 Å². The third-order valence-electron chi connectivity index (χ3n) is 17.5. The lowest BCUT2D eigenvalue weighted by molar-refractivity contribution is -0.161. The van der Waals surface area contributed by atoms with Crippen molar-refractivity contribution < 1.29 is 80.2 Å². The van der Waals surface area contributed by atoms with E-state index >= 15 is 0 Å². The zero-order chi connectivity index (χ0) is 68.7. The molecule has 0 radical (unpaired) electrons. The van der Waals surface area contributed by atoms with Crippen LogP contribution >= 0.6 is 15.6 Å². The number of aliphatic hydroxyl groups is 1. The normalized spacial score (nSPS) is 14.4. The van der Waals surface area contributed by atoms with Crippen LogP contribution < -0.4 is 0 Å². The molecule has 0 aliphatic rings. The largest absolute Gasteiger partial charge is 0.472 e. The fraction of sp³-hybridized carbons (Fsp3) is 0.946. The minimum atomic E-state index is -4.96. The number of rotatable bonds is 72. The molecule has 0 spiro atoms. The van der Waals surface area contributed by atoms with Crippen LogP contribution in [-0.2, 0) is 65.4 Å². The van der Waals surface area contributed by atoms with Crippen LogP contribution in [0.4, 0.5) is 0 Å². The average Bonchev–Trinajstić information content (AvgIpc) is 3.11. The third kappa shape index (κ3) is 67.0. The molecule has 3 N–H and O–H groups in total. The van der Waals surface area contributed by atoms with Gasteiger partial charge in [-0.25, -0.2) is 9.13 Å². The summed E-state index contributed by atoms with van der Waals surface area (Å²) in [6, 6.07) is 0. The highest BCUT2D eigenvalue weighted by molar-refractivity contribution is 7.47. The van der Waals surface area contributed by atoms with Crippen molar-refractivity contribution in [3.63, 3.8) is 0 Å². The van der Waals surface area contributed by atoms with Crippen molar-refractivity contribution in [3.8, 4) is 0 Å². The van der Waals surface area contributed by atoms with Crippen LogP contribution in [0.25, 0.3) is 0 Å². The molecule has 17 nitrogen and oxygen atoms in total. The van der Waals surface area contributed by atoms with Crippen molar-refractivity contribution in [2.24, 2.45) is 17.8 Å². The number of unbranched alkanes of at least 4 members (excludes halogenated alkanes) is 39. The third-order valence-corrected chi connectivity index (χ3v) is 19.4. The van der Waals surface area contributed by atoms with Gasteiger partial charge in [-0.15, -0.1) is 0 Å². The van der Waals surface area contributed by atoms with Crippen molar-refractivity contribution in [1.29, 1.82) is 0 Å². The monoisotopic (exact) mass is 1370 g/mol. The summed E-state index contributed by atoms with van der Waals surface area (Å²) < 4.78 is 68.3. The maximum atomic E-state index is 13.1. The van der Waals surface area contributed by atoms with E-state index < -0.39 is 97.5 Å². The first-order valence-corrected chi connectivity index (χ1v) is 41.4. The van der Waals surface area contributed by atoms with E-state index in [1.54, 1.807) is 0 Å². The first-order valence-electron chi connectivity index (χ1n) is 38.4. The fourth-order valence-electron chi connectivity index (χ4n) is 11.2. The Morgan fingerprint density at radius 2 is 0.548 bits per heavy atom. The molecule has 19 heteroatoms. The second-order valence-corrected chi connectivity index (χ2v) is 30.8. The van der Waals surface area contributed by atoms with E-state index in [1.165, 1.54) is 180 Å². The van der Waals surface area contributed by atoms with E-state index in [0.717, 1.165) is 108 Å². The number of hydrogen-bond acceptors (Lipinski definition) is 15. The summed E-state index contributed by atoms with van der Waals surface area (Å²) >= 11 is 0. The average molecular weight is 1370 g/mol. The van der Waals surface area contributed by atoms with Gasteiger partial charge in [0.2, 0.25) is 0 Å². The Balaban J connectivity index is 5.20. The van der Waals surface area contributed by atoms with Gasteiger partial charge in [-0.3, -0.25) is 37.3 Å². The van der Waals surface area contributed by atoms with Crippen LogP contribution in [0.1, 0.15) is 376 Å². The Bertz CT molecular complexity index is 1820. The summed E-state index contributed by atoms with van der Waals surface area (Å²) in [6.07, 6.45) is 50.1. The van der Waals surface area contributed by atoms with Gasteiger partial charge < -0.3 is 33.8 Å². The van der Waals surface area contributed by atoms with Gasteiger partial charge in [-0.1, -0.05) is 325 Å². The lowest BCUT2D eigenvalue weighted by Gasteiger charge is -2.21. The first-order chi connectivity index (χ1) is 44.8. The highest BCUT2D eigenvalue weighted by atomic mass is 31.2. The molecule has 0 heterocycles. The van der Waals surface area contributed by atoms with E-state index in [2.05, 4.69) is 48.5 Å². The highest BCUT2D eigenvalue weighted by Crippen LogP contribution is 2.45. The molecular weight excluding hydrogens is 1220 g/mol. The van der Waals surface area contributed by atoms with Gasteiger partial charge in [-0.2, -0.15) is 0 Å². The van der Waals surface area contributed by atoms with Crippen LogP contribution in [0.15, 0.2) is 0 Å². The SMILES string of the molecule is CCCCCCCCCCC(=O)OC[C@H](COP(=O)(O)OC[C@H](O)COP(=O)(O)OC[C@@H](COC(=O)CCCCCCCCCCCCCCCCC(C)C)OC(=O)CCCCCCCCCCCCCCCCC(C)CC)OC(=O)CCCCCCCCCC(C)C. The molecule has 0 rings (SSSR count). The van der Waals surface area contributed by atoms with Crippen molar-refractivity contribution in [3.05, 3.63) is 0 Å². The van der Waals surface area contributed by atoms with Gasteiger partial charge in [0.25, 0.3) is 0 Å². The molecular formula is C74H144O17P2. The standard InChI is InChI=1S/C74H144O17P2/c1-8-10-11-12-13-34-41-48-55-71(76)84-61-70(91-74(79)58-51-44-37-30-32-39-46-53-66(5)6)64-89-93(82,83)87-60-68(75)59-86-92(80,81)88-63-69(62-85-72(77)56-49-42-35-28-24-20-16-14-18-22-26-31-38-45-52-65(3)4)90-73(78)57-50-43-36-29-25-21-17-15-19-23-27-33-40-47-54-67(7)9-2/h65-70,75H,8-64H2,1-7H3,(H,80,81)(H,82,83)/t67?,68-,69-,70-/m1/s1. The maximum absolute atomic E-state index is 13.1. The number of ether oxygens (including phenoxy) is 4. The number of phosphoric acid groups is 2. The highest BCUT2D eigenvalue weighted by Gasteiger charge is 2.30. The summed E-state index contributed by atoms with van der Waals surface area (Å²) in [6.45, 7) is 11.9. The van der Waals surface area contributed by atoms with Crippen molar-refractivity contribution in [1.82, 2.24) is 0 Å². The fourth-order valence-corrected chi connectivity index (χ4v) is 12.8. The molecule has 0 saturated heterocycles. The van der Waals surface area contributed by atoms with E-state index in [1.807, 2.05) is 0 Å². The summed E-state index contributed by atoms with van der Waals surface area (Å²) in [5, 5.41) is 10.6.